The third-order valence-electron chi connectivity index (χ3n) is 2.49. The molecule has 2 N–H and O–H groups in total. The summed E-state index contributed by atoms with van der Waals surface area (Å²) in [5.41, 5.74) is 0.673. The number of benzene rings is 1. The molecule has 0 saturated heterocycles. The second kappa shape index (κ2) is 7.36. The number of hydrogen-bond acceptors (Lipinski definition) is 2. The Morgan fingerprint density at radius 2 is 2.00 bits per heavy atom. The van der Waals surface area contributed by atoms with Crippen LogP contribution in [0.5, 0.6) is 0 Å². The fourth-order valence-corrected chi connectivity index (χ4v) is 2.00. The third-order valence-corrected chi connectivity index (χ3v) is 3.07. The van der Waals surface area contributed by atoms with Crippen molar-refractivity contribution in [2.24, 2.45) is 0 Å². The fourth-order valence-electron chi connectivity index (χ4n) is 1.52. The molecule has 19 heavy (non-hydrogen) atoms. The van der Waals surface area contributed by atoms with Crippen molar-refractivity contribution < 1.29 is 9.59 Å². The van der Waals surface area contributed by atoms with Gasteiger partial charge in [-0.1, -0.05) is 29.3 Å². The van der Waals surface area contributed by atoms with Gasteiger partial charge in [0.2, 0.25) is 11.8 Å². The average Bonchev–Trinajstić information content (AvgIpc) is 2.33. The van der Waals surface area contributed by atoms with Crippen LogP contribution in [0.25, 0.3) is 0 Å². The van der Waals surface area contributed by atoms with Gasteiger partial charge in [0.05, 0.1) is 6.42 Å². The molecule has 1 atom stereocenters. The minimum Gasteiger partial charge on any atom is -0.355 e. The smallest absolute Gasteiger partial charge is 0.242 e. The summed E-state index contributed by atoms with van der Waals surface area (Å²) in [4.78, 5) is 23.3. The van der Waals surface area contributed by atoms with Crippen LogP contribution < -0.4 is 10.6 Å². The molecule has 0 aromatic heterocycles. The lowest BCUT2D eigenvalue weighted by Crippen LogP contribution is -2.45. The molecule has 0 bridgehead atoms. The molecular weight excluding hydrogens is 287 g/mol. The van der Waals surface area contributed by atoms with Crippen LogP contribution in [0.3, 0.4) is 0 Å². The Kier molecular flexibility index (Phi) is 6.12. The largest absolute Gasteiger partial charge is 0.355 e. The van der Waals surface area contributed by atoms with Gasteiger partial charge >= 0.3 is 0 Å². The predicted octanol–water partition coefficient (Wildman–Crippen LogP) is 2.18. The molecule has 1 unspecified atom stereocenters. The first-order valence-corrected chi connectivity index (χ1v) is 6.70. The van der Waals surface area contributed by atoms with Crippen LogP contribution in [0.1, 0.15) is 19.4 Å². The number of nitrogens with one attached hydrogen (secondary N) is 2. The second-order valence-corrected chi connectivity index (χ2v) is 4.94. The minimum atomic E-state index is -0.571. The molecule has 1 aromatic carbocycles. The SMILES string of the molecule is CCNC(=O)C(C)NC(=O)Cc1ccc(Cl)cc1Cl. The molecule has 0 aliphatic carbocycles. The van der Waals surface area contributed by atoms with Crippen LogP contribution in [-0.4, -0.2) is 24.4 Å². The predicted molar refractivity (Wildman–Crippen MR) is 76.5 cm³/mol. The van der Waals surface area contributed by atoms with Crippen molar-refractivity contribution >= 4 is 35.0 Å². The van der Waals surface area contributed by atoms with Gasteiger partial charge in [0.25, 0.3) is 0 Å². The van der Waals surface area contributed by atoms with Crippen LogP contribution in [0.15, 0.2) is 18.2 Å². The van der Waals surface area contributed by atoms with Crippen molar-refractivity contribution in [3.05, 3.63) is 33.8 Å². The summed E-state index contributed by atoms with van der Waals surface area (Å²) in [5.74, 6) is -0.471. The number of likely N-dealkylation sites (N-methyl/N-ethyl adjacent to an activating group) is 1. The van der Waals surface area contributed by atoms with Crippen molar-refractivity contribution in [3.8, 4) is 0 Å². The maximum atomic E-state index is 11.8. The Hall–Kier alpha value is -1.26. The molecule has 0 heterocycles. The molecule has 0 radical (unpaired) electrons. The first-order valence-electron chi connectivity index (χ1n) is 5.95. The lowest BCUT2D eigenvalue weighted by molar-refractivity contribution is -0.128. The normalized spacial score (nSPS) is 11.8. The highest BCUT2D eigenvalue weighted by atomic mass is 35.5. The van der Waals surface area contributed by atoms with E-state index in [9.17, 15) is 9.59 Å². The summed E-state index contributed by atoms with van der Waals surface area (Å²) in [7, 11) is 0. The highest BCUT2D eigenvalue weighted by Gasteiger charge is 2.15. The van der Waals surface area contributed by atoms with Gasteiger partial charge in [-0.25, -0.2) is 0 Å². The number of hydrogen-bond donors (Lipinski definition) is 2. The lowest BCUT2D eigenvalue weighted by Gasteiger charge is -2.13. The number of carbonyl (C=O) groups is 2. The van der Waals surface area contributed by atoms with Crippen molar-refractivity contribution in [2.75, 3.05) is 6.54 Å². The monoisotopic (exact) mass is 302 g/mol. The van der Waals surface area contributed by atoms with Gasteiger partial charge in [-0.3, -0.25) is 9.59 Å². The fraction of sp³-hybridized carbons (Fsp3) is 0.385. The molecule has 4 nitrogen and oxygen atoms in total. The summed E-state index contributed by atoms with van der Waals surface area (Å²) in [5, 5.41) is 6.20. The Morgan fingerprint density at radius 1 is 1.32 bits per heavy atom. The summed E-state index contributed by atoms with van der Waals surface area (Å²) >= 11 is 11.8. The zero-order valence-electron chi connectivity index (χ0n) is 10.8. The van der Waals surface area contributed by atoms with E-state index < -0.39 is 6.04 Å². The summed E-state index contributed by atoms with van der Waals surface area (Å²) in [6, 6.07) is 4.38. The van der Waals surface area contributed by atoms with E-state index in [0.717, 1.165) is 0 Å². The molecule has 0 spiro atoms. The van der Waals surface area contributed by atoms with E-state index in [1.165, 1.54) is 0 Å². The molecule has 1 rings (SSSR count). The molecule has 0 aliphatic heterocycles. The standard InChI is InChI=1S/C13H16Cl2N2O2/c1-3-16-13(19)8(2)17-12(18)6-9-4-5-10(14)7-11(9)15/h4-5,7-8H,3,6H2,1-2H3,(H,16,19)(H,17,18). The van der Waals surface area contributed by atoms with Crippen molar-refractivity contribution in [3.63, 3.8) is 0 Å². The summed E-state index contributed by atoms with van der Waals surface area (Å²) in [6.07, 6.45) is 0.111. The van der Waals surface area contributed by atoms with Crippen LogP contribution >= 0.6 is 23.2 Å². The molecule has 2 amide bonds. The van der Waals surface area contributed by atoms with E-state index in [1.807, 2.05) is 6.92 Å². The van der Waals surface area contributed by atoms with Gasteiger partial charge in [-0.2, -0.15) is 0 Å². The van der Waals surface area contributed by atoms with Crippen molar-refractivity contribution in [1.82, 2.24) is 10.6 Å². The highest BCUT2D eigenvalue weighted by molar-refractivity contribution is 6.35. The molecule has 6 heteroatoms. The maximum absolute atomic E-state index is 11.8. The third kappa shape index (κ3) is 5.09. The molecule has 0 aliphatic rings. The highest BCUT2D eigenvalue weighted by Crippen LogP contribution is 2.21. The van der Waals surface area contributed by atoms with E-state index in [0.29, 0.717) is 22.2 Å². The van der Waals surface area contributed by atoms with E-state index >= 15 is 0 Å². The number of carbonyl (C=O) groups excluding carboxylic acids is 2. The quantitative estimate of drug-likeness (QED) is 0.876. The van der Waals surface area contributed by atoms with E-state index in [1.54, 1.807) is 25.1 Å². The van der Waals surface area contributed by atoms with Crippen LogP contribution in [0.4, 0.5) is 0 Å². The van der Waals surface area contributed by atoms with E-state index in [-0.39, 0.29) is 18.2 Å². The first-order chi connectivity index (χ1) is 8.93. The van der Waals surface area contributed by atoms with Gasteiger partial charge < -0.3 is 10.6 Å². The van der Waals surface area contributed by atoms with Gasteiger partial charge in [0.1, 0.15) is 6.04 Å². The van der Waals surface area contributed by atoms with Crippen LogP contribution in [0.2, 0.25) is 10.0 Å². The van der Waals surface area contributed by atoms with Crippen molar-refractivity contribution in [1.29, 1.82) is 0 Å². The van der Waals surface area contributed by atoms with Crippen molar-refractivity contribution in [2.45, 2.75) is 26.3 Å². The van der Waals surface area contributed by atoms with Crippen LogP contribution in [-0.2, 0) is 16.0 Å². The number of halogens is 2. The Labute approximate surface area is 122 Å². The maximum Gasteiger partial charge on any atom is 0.242 e. The Morgan fingerprint density at radius 3 is 2.58 bits per heavy atom. The van der Waals surface area contributed by atoms with Gasteiger partial charge in [0, 0.05) is 16.6 Å². The second-order valence-electron chi connectivity index (χ2n) is 4.10. The van der Waals surface area contributed by atoms with Gasteiger partial charge in [0.15, 0.2) is 0 Å². The van der Waals surface area contributed by atoms with E-state index in [2.05, 4.69) is 10.6 Å². The summed E-state index contributed by atoms with van der Waals surface area (Å²) in [6.45, 7) is 3.98. The summed E-state index contributed by atoms with van der Waals surface area (Å²) < 4.78 is 0. The molecule has 0 fully saturated rings. The number of rotatable bonds is 5. The van der Waals surface area contributed by atoms with Gasteiger partial charge in [-0.05, 0) is 31.5 Å². The minimum absolute atomic E-state index is 0.111. The molecular formula is C13H16Cl2N2O2. The van der Waals surface area contributed by atoms with Gasteiger partial charge in [-0.15, -0.1) is 0 Å². The van der Waals surface area contributed by atoms with Crippen LogP contribution in [0, 0.1) is 0 Å². The average molecular weight is 303 g/mol. The Bertz CT molecular complexity index is 478. The topological polar surface area (TPSA) is 58.2 Å². The zero-order valence-corrected chi connectivity index (χ0v) is 12.3. The van der Waals surface area contributed by atoms with E-state index in [4.69, 9.17) is 23.2 Å². The molecule has 0 saturated carbocycles. The first kappa shape index (κ1) is 15.8. The lowest BCUT2D eigenvalue weighted by atomic mass is 10.1. The molecule has 1 aromatic rings. The Balaban J connectivity index is 2.58. The zero-order chi connectivity index (χ0) is 14.4. The number of amides is 2. The molecule has 104 valence electrons.